The van der Waals surface area contributed by atoms with Crippen LogP contribution in [-0.4, -0.2) is 43.7 Å². The normalized spacial score (nSPS) is 16.9. The molecule has 1 aliphatic rings. The Hall–Kier alpha value is -1.55. The fourth-order valence-electron chi connectivity index (χ4n) is 2.64. The van der Waals surface area contributed by atoms with Gasteiger partial charge in [0.05, 0.1) is 13.7 Å². The molecule has 1 aromatic rings. The fraction of sp³-hybridized carbons (Fsp3) is 0.562. The number of methoxy groups -OCH3 is 1. The van der Waals surface area contributed by atoms with Crippen molar-refractivity contribution in [2.45, 2.75) is 32.2 Å². The number of nitrogens with zero attached hydrogens (tertiary/aromatic N) is 1. The summed E-state index contributed by atoms with van der Waals surface area (Å²) in [5, 5.41) is 0. The Morgan fingerprint density at radius 2 is 1.90 bits per heavy atom. The molecule has 1 fully saturated rings. The van der Waals surface area contributed by atoms with Crippen LogP contribution in [0.15, 0.2) is 24.3 Å². The number of benzene rings is 1. The number of rotatable bonds is 6. The first-order chi connectivity index (χ1) is 9.74. The first-order valence-electron chi connectivity index (χ1n) is 7.28. The molecule has 1 saturated heterocycles. The number of hydrogen-bond donors (Lipinski definition) is 0. The highest BCUT2D eigenvalue weighted by Crippen LogP contribution is 2.19. The van der Waals surface area contributed by atoms with Gasteiger partial charge in [-0.05, 0) is 57.0 Å². The van der Waals surface area contributed by atoms with E-state index in [1.807, 2.05) is 31.2 Å². The topological polar surface area (TPSA) is 38.8 Å². The molecule has 0 aliphatic carbocycles. The van der Waals surface area contributed by atoms with Crippen LogP contribution >= 0.6 is 0 Å². The summed E-state index contributed by atoms with van der Waals surface area (Å²) in [5.41, 5.74) is 1.13. The number of likely N-dealkylation sites (tertiary alicyclic amines) is 1. The molecular formula is C16H23NO3. The second-order valence-corrected chi connectivity index (χ2v) is 5.06. The maximum absolute atomic E-state index is 12.2. The van der Waals surface area contributed by atoms with E-state index in [9.17, 15) is 4.79 Å². The third-order valence-corrected chi connectivity index (χ3v) is 3.73. The van der Waals surface area contributed by atoms with E-state index < -0.39 is 0 Å². The Bertz CT molecular complexity index is 424. The second kappa shape index (κ2) is 7.29. The van der Waals surface area contributed by atoms with Gasteiger partial charge >= 0.3 is 5.97 Å². The molecule has 110 valence electrons. The highest BCUT2D eigenvalue weighted by atomic mass is 16.5. The average molecular weight is 277 g/mol. The SMILES string of the molecule is CCOC(=O)C(Cc1ccc(OC)cc1)N1CCCC1. The fourth-order valence-corrected chi connectivity index (χ4v) is 2.64. The van der Waals surface area contributed by atoms with E-state index in [4.69, 9.17) is 9.47 Å². The molecule has 4 nitrogen and oxygen atoms in total. The molecule has 20 heavy (non-hydrogen) atoms. The molecule has 0 amide bonds. The smallest absolute Gasteiger partial charge is 0.323 e. The molecular weight excluding hydrogens is 254 g/mol. The van der Waals surface area contributed by atoms with Gasteiger partial charge in [0.15, 0.2) is 0 Å². The number of ether oxygens (including phenoxy) is 2. The Morgan fingerprint density at radius 3 is 2.45 bits per heavy atom. The van der Waals surface area contributed by atoms with Crippen molar-refractivity contribution < 1.29 is 14.3 Å². The van der Waals surface area contributed by atoms with E-state index in [0.717, 1.165) is 24.4 Å². The van der Waals surface area contributed by atoms with Crippen molar-refractivity contribution in [1.82, 2.24) is 4.90 Å². The quantitative estimate of drug-likeness (QED) is 0.748. The maximum atomic E-state index is 12.2. The Morgan fingerprint density at radius 1 is 1.25 bits per heavy atom. The molecule has 0 spiro atoms. The van der Waals surface area contributed by atoms with E-state index in [1.54, 1.807) is 7.11 Å². The van der Waals surface area contributed by atoms with Gasteiger partial charge in [-0.3, -0.25) is 9.69 Å². The predicted octanol–water partition coefficient (Wildman–Crippen LogP) is 2.27. The van der Waals surface area contributed by atoms with Crippen LogP contribution < -0.4 is 4.74 Å². The van der Waals surface area contributed by atoms with Crippen LogP contribution in [0.1, 0.15) is 25.3 Å². The highest BCUT2D eigenvalue weighted by molar-refractivity contribution is 5.76. The summed E-state index contributed by atoms with van der Waals surface area (Å²) in [6.45, 7) is 4.26. The number of hydrogen-bond acceptors (Lipinski definition) is 4. The predicted molar refractivity (Wildman–Crippen MR) is 77.9 cm³/mol. The van der Waals surface area contributed by atoms with Gasteiger partial charge in [-0.2, -0.15) is 0 Å². The van der Waals surface area contributed by atoms with Crippen molar-refractivity contribution in [1.29, 1.82) is 0 Å². The van der Waals surface area contributed by atoms with Crippen molar-refractivity contribution in [2.24, 2.45) is 0 Å². The zero-order chi connectivity index (χ0) is 14.4. The first kappa shape index (κ1) is 14.9. The van der Waals surface area contributed by atoms with E-state index in [0.29, 0.717) is 13.0 Å². The summed E-state index contributed by atoms with van der Waals surface area (Å²) in [6.07, 6.45) is 3.03. The molecule has 4 heteroatoms. The molecule has 0 bridgehead atoms. The standard InChI is InChI=1S/C16H23NO3/c1-3-20-16(18)15(17-10-4-5-11-17)12-13-6-8-14(19-2)9-7-13/h6-9,15H,3-5,10-12H2,1-2H3. The third-order valence-electron chi connectivity index (χ3n) is 3.73. The maximum Gasteiger partial charge on any atom is 0.323 e. The van der Waals surface area contributed by atoms with Crippen LogP contribution in [0.3, 0.4) is 0 Å². The summed E-state index contributed by atoms with van der Waals surface area (Å²) in [6, 6.07) is 7.73. The summed E-state index contributed by atoms with van der Waals surface area (Å²) < 4.78 is 10.4. The van der Waals surface area contributed by atoms with Gasteiger partial charge in [0.1, 0.15) is 11.8 Å². The Balaban J connectivity index is 2.07. The van der Waals surface area contributed by atoms with Crippen LogP contribution in [0.25, 0.3) is 0 Å². The van der Waals surface area contributed by atoms with E-state index in [2.05, 4.69) is 4.90 Å². The van der Waals surface area contributed by atoms with Crippen LogP contribution in [0.2, 0.25) is 0 Å². The minimum atomic E-state index is -0.161. The molecule has 2 rings (SSSR count). The second-order valence-electron chi connectivity index (χ2n) is 5.06. The molecule has 1 aromatic carbocycles. The van der Waals surface area contributed by atoms with E-state index >= 15 is 0 Å². The van der Waals surface area contributed by atoms with Crippen LogP contribution in [0.5, 0.6) is 5.75 Å². The van der Waals surface area contributed by atoms with Gasteiger partial charge in [0.2, 0.25) is 0 Å². The first-order valence-corrected chi connectivity index (χ1v) is 7.28. The lowest BCUT2D eigenvalue weighted by Gasteiger charge is -2.25. The molecule has 1 heterocycles. The van der Waals surface area contributed by atoms with Gasteiger partial charge in [-0.25, -0.2) is 0 Å². The molecule has 1 aliphatic heterocycles. The van der Waals surface area contributed by atoms with Crippen molar-refractivity contribution in [3.63, 3.8) is 0 Å². The Labute approximate surface area is 120 Å². The van der Waals surface area contributed by atoms with Crippen LogP contribution in [0.4, 0.5) is 0 Å². The van der Waals surface area contributed by atoms with Crippen LogP contribution in [0, 0.1) is 0 Å². The molecule has 1 unspecified atom stereocenters. The van der Waals surface area contributed by atoms with Gasteiger partial charge in [-0.15, -0.1) is 0 Å². The van der Waals surface area contributed by atoms with Gasteiger partial charge in [0.25, 0.3) is 0 Å². The minimum absolute atomic E-state index is 0.106. The van der Waals surface area contributed by atoms with Gasteiger partial charge < -0.3 is 9.47 Å². The molecule has 0 aromatic heterocycles. The van der Waals surface area contributed by atoms with E-state index in [-0.39, 0.29) is 12.0 Å². The highest BCUT2D eigenvalue weighted by Gasteiger charge is 2.29. The van der Waals surface area contributed by atoms with Crippen molar-refractivity contribution >= 4 is 5.97 Å². The summed E-state index contributed by atoms with van der Waals surface area (Å²) in [5.74, 6) is 0.729. The van der Waals surface area contributed by atoms with Crippen LogP contribution in [-0.2, 0) is 16.0 Å². The number of carbonyl (C=O) groups excluding carboxylic acids is 1. The van der Waals surface area contributed by atoms with Gasteiger partial charge in [0, 0.05) is 0 Å². The average Bonchev–Trinajstić information content (AvgIpc) is 2.99. The van der Waals surface area contributed by atoms with Gasteiger partial charge in [-0.1, -0.05) is 12.1 Å². The van der Waals surface area contributed by atoms with E-state index in [1.165, 1.54) is 12.8 Å². The zero-order valence-corrected chi connectivity index (χ0v) is 12.3. The molecule has 0 saturated carbocycles. The molecule has 0 N–H and O–H groups in total. The summed E-state index contributed by atoms with van der Waals surface area (Å²) >= 11 is 0. The zero-order valence-electron chi connectivity index (χ0n) is 12.3. The summed E-state index contributed by atoms with van der Waals surface area (Å²) in [4.78, 5) is 14.4. The lowest BCUT2D eigenvalue weighted by Crippen LogP contribution is -2.42. The van der Waals surface area contributed by atoms with Crippen molar-refractivity contribution in [2.75, 3.05) is 26.8 Å². The monoisotopic (exact) mass is 277 g/mol. The molecule has 0 radical (unpaired) electrons. The summed E-state index contributed by atoms with van der Waals surface area (Å²) in [7, 11) is 1.65. The lowest BCUT2D eigenvalue weighted by atomic mass is 10.0. The third kappa shape index (κ3) is 3.73. The Kier molecular flexibility index (Phi) is 5.41. The molecule has 1 atom stereocenters. The largest absolute Gasteiger partial charge is 0.497 e. The lowest BCUT2D eigenvalue weighted by molar-refractivity contribution is -0.149. The minimum Gasteiger partial charge on any atom is -0.497 e. The number of esters is 1. The van der Waals surface area contributed by atoms with Crippen molar-refractivity contribution in [3.8, 4) is 5.75 Å². The van der Waals surface area contributed by atoms with Crippen molar-refractivity contribution in [3.05, 3.63) is 29.8 Å². The number of carbonyl (C=O) groups is 1.